The van der Waals surface area contributed by atoms with Crippen molar-refractivity contribution >= 4 is 7.85 Å². The van der Waals surface area contributed by atoms with Crippen molar-refractivity contribution in [1.82, 2.24) is 0 Å². The van der Waals surface area contributed by atoms with E-state index in [1.54, 1.807) is 0 Å². The summed E-state index contributed by atoms with van der Waals surface area (Å²) in [5, 5.41) is -0.0156. The number of hydrogen-bond donors (Lipinski definition) is 0. The molecule has 1 unspecified atom stereocenters. The maximum absolute atomic E-state index is 6.15. The molecule has 11 heavy (non-hydrogen) atoms. The van der Waals surface area contributed by atoms with E-state index in [0.29, 0.717) is 11.3 Å². The Labute approximate surface area is 73.2 Å². The molecule has 0 aliphatic heterocycles. The first kappa shape index (κ1) is 11.1. The van der Waals surface area contributed by atoms with Crippen LogP contribution >= 0.6 is 0 Å². The van der Waals surface area contributed by atoms with Crippen molar-refractivity contribution in [3.63, 3.8) is 0 Å². The summed E-state index contributed by atoms with van der Waals surface area (Å²) in [6.07, 6.45) is 1.08. The summed E-state index contributed by atoms with van der Waals surface area (Å²) in [5.74, 6) is 0.557. The van der Waals surface area contributed by atoms with Crippen LogP contribution in [0.3, 0.4) is 0 Å². The zero-order valence-electron chi connectivity index (χ0n) is 8.86. The Bertz CT molecular complexity index is 117. The van der Waals surface area contributed by atoms with Gasteiger partial charge in [0, 0.05) is 0 Å². The fourth-order valence-electron chi connectivity index (χ4n) is 1.35. The molecule has 0 fully saturated rings. The fraction of sp³-hybridized carbons (Fsp3) is 1.00. The third-order valence-electron chi connectivity index (χ3n) is 2.23. The SMILES string of the molecule is [B]C(C)(CC(C)(C)C)C(C)C. The Morgan fingerprint density at radius 2 is 1.45 bits per heavy atom. The molecular formula is C10H21B. The number of hydrogen-bond acceptors (Lipinski definition) is 0. The van der Waals surface area contributed by atoms with Crippen LogP contribution in [0.4, 0.5) is 0 Å². The zero-order valence-corrected chi connectivity index (χ0v) is 8.86. The first-order chi connectivity index (χ1) is 4.65. The van der Waals surface area contributed by atoms with Crippen LogP contribution in [-0.2, 0) is 0 Å². The summed E-state index contributed by atoms with van der Waals surface area (Å²) >= 11 is 0. The van der Waals surface area contributed by atoms with E-state index in [9.17, 15) is 0 Å². The molecule has 0 saturated carbocycles. The highest BCUT2D eigenvalue weighted by Crippen LogP contribution is 2.42. The van der Waals surface area contributed by atoms with E-state index in [1.807, 2.05) is 0 Å². The van der Waals surface area contributed by atoms with Gasteiger partial charge < -0.3 is 0 Å². The van der Waals surface area contributed by atoms with Crippen LogP contribution in [0.25, 0.3) is 0 Å². The van der Waals surface area contributed by atoms with Gasteiger partial charge >= 0.3 is 0 Å². The molecule has 0 heterocycles. The lowest BCUT2D eigenvalue weighted by atomic mass is 9.57. The highest BCUT2D eigenvalue weighted by molar-refractivity contribution is 6.15. The molecule has 2 radical (unpaired) electrons. The average molecular weight is 152 g/mol. The van der Waals surface area contributed by atoms with Crippen molar-refractivity contribution in [2.75, 3.05) is 0 Å². The van der Waals surface area contributed by atoms with Crippen LogP contribution < -0.4 is 0 Å². The van der Waals surface area contributed by atoms with E-state index in [4.69, 9.17) is 7.85 Å². The molecule has 0 spiro atoms. The van der Waals surface area contributed by atoms with Crippen molar-refractivity contribution in [1.29, 1.82) is 0 Å². The summed E-state index contributed by atoms with van der Waals surface area (Å²) in [7, 11) is 6.15. The first-order valence-corrected chi connectivity index (χ1v) is 4.44. The molecule has 0 N–H and O–H groups in total. The second kappa shape index (κ2) is 3.20. The van der Waals surface area contributed by atoms with Crippen LogP contribution in [0, 0.1) is 11.3 Å². The third kappa shape index (κ3) is 4.50. The smallest absolute Gasteiger partial charge is 0.0674 e. The van der Waals surface area contributed by atoms with Gasteiger partial charge in [0.2, 0.25) is 0 Å². The van der Waals surface area contributed by atoms with Crippen LogP contribution in [0.2, 0.25) is 5.31 Å². The maximum Gasteiger partial charge on any atom is 0.0746 e. The molecule has 1 atom stereocenters. The molecule has 0 nitrogen and oxygen atoms in total. The minimum absolute atomic E-state index is 0.0156. The average Bonchev–Trinajstić information content (AvgIpc) is 1.56. The standard InChI is InChI=1S/C10H21B/c1-8(2)10(6,11)7-9(3,4)5/h8H,7H2,1-6H3. The van der Waals surface area contributed by atoms with Gasteiger partial charge in [0.05, 0.1) is 7.85 Å². The van der Waals surface area contributed by atoms with Gasteiger partial charge in [-0.05, 0) is 11.3 Å². The van der Waals surface area contributed by atoms with Crippen molar-refractivity contribution in [3.05, 3.63) is 0 Å². The Morgan fingerprint density at radius 1 is 1.09 bits per heavy atom. The molecule has 0 saturated heterocycles. The third-order valence-corrected chi connectivity index (χ3v) is 2.23. The van der Waals surface area contributed by atoms with Crippen molar-refractivity contribution in [3.8, 4) is 0 Å². The van der Waals surface area contributed by atoms with E-state index >= 15 is 0 Å². The van der Waals surface area contributed by atoms with E-state index in [-0.39, 0.29) is 5.31 Å². The monoisotopic (exact) mass is 152 g/mol. The van der Waals surface area contributed by atoms with Crippen LogP contribution in [0.1, 0.15) is 48.0 Å². The van der Waals surface area contributed by atoms with E-state index in [1.165, 1.54) is 0 Å². The Kier molecular flexibility index (Phi) is 3.22. The molecule has 0 aromatic carbocycles. The van der Waals surface area contributed by atoms with Crippen molar-refractivity contribution in [2.45, 2.75) is 53.3 Å². The van der Waals surface area contributed by atoms with Gasteiger partial charge in [0.1, 0.15) is 0 Å². The topological polar surface area (TPSA) is 0 Å². The second-order valence-electron chi connectivity index (χ2n) is 5.40. The van der Waals surface area contributed by atoms with Crippen molar-refractivity contribution in [2.24, 2.45) is 11.3 Å². The lowest BCUT2D eigenvalue weighted by molar-refractivity contribution is 0.274. The van der Waals surface area contributed by atoms with Gasteiger partial charge in [-0.15, -0.1) is 0 Å². The van der Waals surface area contributed by atoms with E-state index in [0.717, 1.165) is 6.42 Å². The molecule has 0 amide bonds. The lowest BCUT2D eigenvalue weighted by Crippen LogP contribution is -2.22. The first-order valence-electron chi connectivity index (χ1n) is 4.44. The molecule has 0 rings (SSSR count). The minimum atomic E-state index is -0.0156. The Hall–Kier alpha value is 0.0649. The summed E-state index contributed by atoms with van der Waals surface area (Å²) in [6.45, 7) is 13.2. The van der Waals surface area contributed by atoms with Crippen LogP contribution in [0.15, 0.2) is 0 Å². The quantitative estimate of drug-likeness (QED) is 0.531. The molecule has 0 aliphatic rings. The van der Waals surface area contributed by atoms with Crippen LogP contribution in [-0.4, -0.2) is 7.85 Å². The second-order valence-corrected chi connectivity index (χ2v) is 5.40. The molecule has 64 valence electrons. The Balaban J connectivity index is 4.13. The van der Waals surface area contributed by atoms with Gasteiger partial charge in [-0.3, -0.25) is 0 Å². The van der Waals surface area contributed by atoms with Gasteiger partial charge in [-0.1, -0.05) is 53.3 Å². The number of rotatable bonds is 2. The summed E-state index contributed by atoms with van der Waals surface area (Å²) in [4.78, 5) is 0. The van der Waals surface area contributed by atoms with Gasteiger partial charge in [0.15, 0.2) is 0 Å². The fourth-order valence-corrected chi connectivity index (χ4v) is 1.35. The molecule has 1 heteroatoms. The molecule has 0 bridgehead atoms. The highest BCUT2D eigenvalue weighted by Gasteiger charge is 2.27. The lowest BCUT2D eigenvalue weighted by Gasteiger charge is -2.36. The van der Waals surface area contributed by atoms with Gasteiger partial charge in [-0.25, -0.2) is 0 Å². The van der Waals surface area contributed by atoms with Crippen molar-refractivity contribution < 1.29 is 0 Å². The summed E-state index contributed by atoms with van der Waals surface area (Å²) < 4.78 is 0. The normalized spacial score (nSPS) is 18.5. The largest absolute Gasteiger partial charge is 0.0746 e. The van der Waals surface area contributed by atoms with Gasteiger partial charge in [-0.2, -0.15) is 0 Å². The highest BCUT2D eigenvalue weighted by atomic mass is 14.3. The maximum atomic E-state index is 6.15. The minimum Gasteiger partial charge on any atom is -0.0674 e. The molecular weight excluding hydrogens is 131 g/mol. The molecule has 0 aromatic heterocycles. The van der Waals surface area contributed by atoms with E-state index < -0.39 is 0 Å². The summed E-state index contributed by atoms with van der Waals surface area (Å²) in [6, 6.07) is 0. The molecule has 0 aliphatic carbocycles. The molecule has 0 aromatic rings. The van der Waals surface area contributed by atoms with Crippen LogP contribution in [0.5, 0.6) is 0 Å². The van der Waals surface area contributed by atoms with E-state index in [2.05, 4.69) is 41.5 Å². The predicted octanol–water partition coefficient (Wildman–Crippen LogP) is 3.43. The summed E-state index contributed by atoms with van der Waals surface area (Å²) in [5.41, 5.74) is 0.341. The van der Waals surface area contributed by atoms with Gasteiger partial charge in [0.25, 0.3) is 0 Å². The predicted molar refractivity (Wildman–Crippen MR) is 53.0 cm³/mol. The Morgan fingerprint density at radius 3 is 1.55 bits per heavy atom. The zero-order chi connectivity index (χ0) is 9.28.